The van der Waals surface area contributed by atoms with Gasteiger partial charge in [-0.15, -0.1) is 0 Å². The molecule has 1 aliphatic rings. The van der Waals surface area contributed by atoms with Gasteiger partial charge in [-0.25, -0.2) is 15.0 Å². The van der Waals surface area contributed by atoms with Gasteiger partial charge in [0.15, 0.2) is 5.13 Å². The van der Waals surface area contributed by atoms with Crippen molar-refractivity contribution in [1.29, 1.82) is 0 Å². The molecule has 2 N–H and O–H groups in total. The average molecular weight is 447 g/mol. The zero-order valence-electron chi connectivity index (χ0n) is 17.3. The van der Waals surface area contributed by atoms with Gasteiger partial charge in [-0.1, -0.05) is 35.6 Å². The number of rotatable bonds is 6. The van der Waals surface area contributed by atoms with Gasteiger partial charge in [0.1, 0.15) is 6.10 Å². The molecule has 1 saturated carbocycles. The van der Waals surface area contributed by atoms with Crippen molar-refractivity contribution in [1.82, 2.24) is 15.0 Å². The van der Waals surface area contributed by atoms with Crippen molar-refractivity contribution < 1.29 is 14.6 Å². The molecule has 2 aromatic carbocycles. The number of hydrogen-bond acceptors (Lipinski definition) is 7. The Morgan fingerprint density at radius 2 is 1.69 bits per heavy atom. The van der Waals surface area contributed by atoms with Crippen LogP contribution in [0.2, 0.25) is 0 Å². The lowest BCUT2D eigenvalue weighted by Crippen LogP contribution is -2.28. The van der Waals surface area contributed by atoms with Crippen molar-refractivity contribution in [3.8, 4) is 17.1 Å². The summed E-state index contributed by atoms with van der Waals surface area (Å²) < 4.78 is 7.01. The number of para-hydroxylation sites is 1. The van der Waals surface area contributed by atoms with Crippen LogP contribution in [-0.4, -0.2) is 32.1 Å². The van der Waals surface area contributed by atoms with E-state index in [1.807, 2.05) is 42.5 Å². The highest BCUT2D eigenvalue weighted by molar-refractivity contribution is 7.22. The first-order valence-corrected chi connectivity index (χ1v) is 11.4. The molecule has 0 spiro atoms. The Morgan fingerprint density at radius 1 is 0.969 bits per heavy atom. The maximum atomic E-state index is 11.1. The Labute approximate surface area is 189 Å². The summed E-state index contributed by atoms with van der Waals surface area (Å²) in [6, 6.07) is 16.5. The Morgan fingerprint density at radius 3 is 2.38 bits per heavy atom. The van der Waals surface area contributed by atoms with Crippen LogP contribution in [0.4, 0.5) is 10.8 Å². The third kappa shape index (κ3) is 4.55. The Bertz CT molecular complexity index is 1180. The van der Waals surface area contributed by atoms with Crippen molar-refractivity contribution in [2.24, 2.45) is 5.92 Å². The lowest BCUT2D eigenvalue weighted by molar-refractivity contribution is -0.143. The molecule has 0 bridgehead atoms. The van der Waals surface area contributed by atoms with Crippen LogP contribution < -0.4 is 10.1 Å². The third-order valence-electron chi connectivity index (χ3n) is 5.69. The van der Waals surface area contributed by atoms with E-state index in [2.05, 4.69) is 26.3 Å². The van der Waals surface area contributed by atoms with Crippen LogP contribution in [0.3, 0.4) is 0 Å². The van der Waals surface area contributed by atoms with Gasteiger partial charge in [-0.05, 0) is 55.5 Å². The number of ether oxygens (including phenoxy) is 1. The topological polar surface area (TPSA) is 97.2 Å². The van der Waals surface area contributed by atoms with Crippen LogP contribution >= 0.6 is 11.3 Å². The number of nitrogens with one attached hydrogen (secondary N) is 1. The van der Waals surface area contributed by atoms with E-state index in [9.17, 15) is 4.79 Å². The molecule has 2 heterocycles. The van der Waals surface area contributed by atoms with Crippen LogP contribution in [0.5, 0.6) is 6.01 Å². The fourth-order valence-corrected chi connectivity index (χ4v) is 4.78. The maximum Gasteiger partial charge on any atom is 0.316 e. The van der Waals surface area contributed by atoms with Crippen LogP contribution in [0, 0.1) is 5.92 Å². The van der Waals surface area contributed by atoms with Crippen molar-refractivity contribution >= 4 is 38.3 Å². The number of benzene rings is 2. The van der Waals surface area contributed by atoms with E-state index in [0.717, 1.165) is 32.2 Å². The highest BCUT2D eigenvalue weighted by atomic mass is 32.1. The summed E-state index contributed by atoms with van der Waals surface area (Å²) in [5.41, 5.74) is 3.86. The van der Waals surface area contributed by atoms with Gasteiger partial charge in [-0.2, -0.15) is 0 Å². The number of carboxylic acids is 1. The normalized spacial score (nSPS) is 18.4. The lowest BCUT2D eigenvalue weighted by atomic mass is 9.87. The Hall–Kier alpha value is -3.52. The molecule has 0 aliphatic heterocycles. The summed E-state index contributed by atoms with van der Waals surface area (Å²) in [5.74, 6) is -0.976. The van der Waals surface area contributed by atoms with Crippen molar-refractivity contribution in [3.63, 3.8) is 0 Å². The van der Waals surface area contributed by atoms with E-state index in [1.54, 1.807) is 23.7 Å². The largest absolute Gasteiger partial charge is 0.481 e. The van der Waals surface area contributed by atoms with E-state index >= 15 is 0 Å². The summed E-state index contributed by atoms with van der Waals surface area (Å²) in [5, 5.41) is 13.3. The highest BCUT2D eigenvalue weighted by Crippen LogP contribution is 2.30. The highest BCUT2D eigenvalue weighted by Gasteiger charge is 2.27. The maximum absolute atomic E-state index is 11.1. The summed E-state index contributed by atoms with van der Waals surface area (Å²) in [6.07, 6.45) is 6.17. The summed E-state index contributed by atoms with van der Waals surface area (Å²) >= 11 is 1.62. The molecule has 5 rings (SSSR count). The molecule has 0 radical (unpaired) electrons. The molecule has 0 unspecified atom stereocenters. The molecule has 8 heteroatoms. The van der Waals surface area contributed by atoms with Crippen LogP contribution in [0.25, 0.3) is 21.3 Å². The molecule has 1 fully saturated rings. The zero-order valence-corrected chi connectivity index (χ0v) is 18.1. The minimum atomic E-state index is -0.717. The van der Waals surface area contributed by atoms with Gasteiger partial charge < -0.3 is 15.2 Å². The molecular weight excluding hydrogens is 424 g/mol. The first-order valence-electron chi connectivity index (χ1n) is 10.6. The predicted molar refractivity (Wildman–Crippen MR) is 124 cm³/mol. The SMILES string of the molecule is O=C(O)C1CCC(Oc2ncc(-c3ccc(Nc4nc5ccccc5s4)cc3)cn2)CC1. The number of aromatic nitrogens is 3. The van der Waals surface area contributed by atoms with Crippen LogP contribution in [0.1, 0.15) is 25.7 Å². The van der Waals surface area contributed by atoms with Crippen LogP contribution in [0.15, 0.2) is 60.9 Å². The number of nitrogens with zero attached hydrogens (tertiary/aromatic N) is 3. The first-order chi connectivity index (χ1) is 15.6. The minimum absolute atomic E-state index is 0.0238. The average Bonchev–Trinajstić information content (AvgIpc) is 3.23. The molecule has 162 valence electrons. The quantitative estimate of drug-likeness (QED) is 0.402. The second-order valence-electron chi connectivity index (χ2n) is 7.87. The molecule has 0 atom stereocenters. The number of carboxylic acid groups (broad SMARTS) is 1. The molecule has 1 aliphatic carbocycles. The minimum Gasteiger partial charge on any atom is -0.481 e. The second kappa shape index (κ2) is 8.92. The van der Waals surface area contributed by atoms with E-state index in [0.29, 0.717) is 31.7 Å². The fourth-order valence-electron chi connectivity index (χ4n) is 3.90. The molecule has 32 heavy (non-hydrogen) atoms. The third-order valence-corrected chi connectivity index (χ3v) is 6.64. The number of aliphatic carboxylic acids is 1. The number of thiazole rings is 1. The molecule has 7 nitrogen and oxygen atoms in total. The van der Waals surface area contributed by atoms with E-state index in [-0.39, 0.29) is 12.0 Å². The van der Waals surface area contributed by atoms with Gasteiger partial charge in [-0.3, -0.25) is 4.79 Å². The Balaban J connectivity index is 1.20. The summed E-state index contributed by atoms with van der Waals surface area (Å²) in [4.78, 5) is 24.4. The standard InChI is InChI=1S/C24H22N4O3S/c29-22(30)16-7-11-19(12-8-16)31-23-25-13-17(14-26-23)15-5-9-18(10-6-15)27-24-28-20-3-1-2-4-21(20)32-24/h1-6,9-10,13-14,16,19H,7-8,11-12H2,(H,27,28)(H,29,30). The molecule has 2 aromatic heterocycles. The molecule has 0 saturated heterocycles. The fraction of sp³-hybridized carbons (Fsp3) is 0.250. The molecule has 4 aromatic rings. The first kappa shape index (κ1) is 20.4. The van der Waals surface area contributed by atoms with Gasteiger partial charge in [0.05, 0.1) is 16.1 Å². The van der Waals surface area contributed by atoms with E-state index in [1.165, 1.54) is 0 Å². The smallest absolute Gasteiger partial charge is 0.316 e. The van der Waals surface area contributed by atoms with Gasteiger partial charge in [0.25, 0.3) is 0 Å². The van der Waals surface area contributed by atoms with Crippen molar-refractivity contribution in [3.05, 3.63) is 60.9 Å². The number of carbonyl (C=O) groups is 1. The Kier molecular flexibility index (Phi) is 5.68. The number of hydrogen-bond donors (Lipinski definition) is 2. The van der Waals surface area contributed by atoms with Gasteiger partial charge in [0, 0.05) is 23.6 Å². The van der Waals surface area contributed by atoms with Crippen LogP contribution in [-0.2, 0) is 4.79 Å². The molecule has 0 amide bonds. The lowest BCUT2D eigenvalue weighted by Gasteiger charge is -2.25. The number of fused-ring (bicyclic) bond motifs is 1. The van der Waals surface area contributed by atoms with Crippen molar-refractivity contribution in [2.45, 2.75) is 31.8 Å². The summed E-state index contributed by atoms with van der Waals surface area (Å²) in [7, 11) is 0. The predicted octanol–water partition coefficient (Wildman–Crippen LogP) is 5.52. The van der Waals surface area contributed by atoms with Gasteiger partial charge >= 0.3 is 12.0 Å². The monoisotopic (exact) mass is 446 g/mol. The number of anilines is 2. The van der Waals surface area contributed by atoms with Crippen molar-refractivity contribution in [2.75, 3.05) is 5.32 Å². The molecular formula is C24H22N4O3S. The van der Waals surface area contributed by atoms with E-state index < -0.39 is 5.97 Å². The van der Waals surface area contributed by atoms with E-state index in [4.69, 9.17) is 9.84 Å². The summed E-state index contributed by atoms with van der Waals surface area (Å²) in [6.45, 7) is 0. The zero-order chi connectivity index (χ0) is 21.9. The van der Waals surface area contributed by atoms with Gasteiger partial charge in [0.2, 0.25) is 0 Å². The second-order valence-corrected chi connectivity index (χ2v) is 8.90.